The van der Waals surface area contributed by atoms with Gasteiger partial charge in [-0.3, -0.25) is 0 Å². The molecule has 0 radical (unpaired) electrons. The second kappa shape index (κ2) is 5.99. The van der Waals surface area contributed by atoms with Gasteiger partial charge < -0.3 is 5.11 Å². The summed E-state index contributed by atoms with van der Waals surface area (Å²) in [6.45, 7) is -0.614. The first-order valence-electron chi connectivity index (χ1n) is 6.35. The summed E-state index contributed by atoms with van der Waals surface area (Å²) >= 11 is 0. The van der Waals surface area contributed by atoms with Gasteiger partial charge in [0.25, 0.3) is 0 Å². The molecule has 0 saturated carbocycles. The van der Waals surface area contributed by atoms with Crippen molar-refractivity contribution in [3.63, 3.8) is 0 Å². The van der Waals surface area contributed by atoms with E-state index in [4.69, 9.17) is 5.11 Å². The summed E-state index contributed by atoms with van der Waals surface area (Å²) < 4.78 is 62.0. The van der Waals surface area contributed by atoms with Crippen LogP contribution in [-0.4, -0.2) is 56.9 Å². The van der Waals surface area contributed by atoms with Gasteiger partial charge in [-0.05, 0) is 30.7 Å². The minimum Gasteiger partial charge on any atom is -0.395 e. The van der Waals surface area contributed by atoms with Crippen molar-refractivity contribution in [3.05, 3.63) is 30.1 Å². The Bertz CT molecular complexity index is 700. The number of benzene rings is 1. The maximum absolute atomic E-state index is 12.9. The highest BCUT2D eigenvalue weighted by molar-refractivity contribution is 7.92. The van der Waals surface area contributed by atoms with Crippen LogP contribution in [0.2, 0.25) is 0 Å². The van der Waals surface area contributed by atoms with Crippen molar-refractivity contribution in [2.75, 3.05) is 24.7 Å². The lowest BCUT2D eigenvalue weighted by molar-refractivity contribution is 0.232. The molecule has 0 bridgehead atoms. The number of sulfone groups is 1. The van der Waals surface area contributed by atoms with Crippen molar-refractivity contribution < 1.29 is 26.3 Å². The summed E-state index contributed by atoms with van der Waals surface area (Å²) in [4.78, 5) is -0.123. The van der Waals surface area contributed by atoms with Crippen LogP contribution < -0.4 is 0 Å². The molecule has 1 aliphatic heterocycles. The van der Waals surface area contributed by atoms with Gasteiger partial charge in [-0.1, -0.05) is 0 Å². The molecule has 0 spiro atoms. The molecule has 6 nitrogen and oxygen atoms in total. The minimum absolute atomic E-state index is 0.0709. The molecule has 0 aliphatic carbocycles. The molecule has 0 aromatic heterocycles. The number of halogens is 1. The fourth-order valence-electron chi connectivity index (χ4n) is 2.34. The van der Waals surface area contributed by atoms with E-state index in [-0.39, 0.29) is 29.4 Å². The van der Waals surface area contributed by atoms with Crippen molar-refractivity contribution in [2.24, 2.45) is 0 Å². The third kappa shape index (κ3) is 3.60. The van der Waals surface area contributed by atoms with Gasteiger partial charge in [0.15, 0.2) is 9.84 Å². The van der Waals surface area contributed by atoms with Crippen molar-refractivity contribution in [2.45, 2.75) is 17.4 Å². The van der Waals surface area contributed by atoms with Gasteiger partial charge in [0.05, 0.1) is 23.0 Å². The summed E-state index contributed by atoms with van der Waals surface area (Å²) in [6.07, 6.45) is 0.197. The molecule has 0 unspecified atom stereocenters. The monoisotopic (exact) mass is 337 g/mol. The second-order valence-corrected chi connectivity index (χ2v) is 8.97. The average Bonchev–Trinajstić information content (AvgIpc) is 2.76. The predicted octanol–water partition coefficient (Wildman–Crippen LogP) is -0.00420. The number of rotatable bonds is 5. The van der Waals surface area contributed by atoms with E-state index in [1.54, 1.807) is 0 Å². The van der Waals surface area contributed by atoms with Crippen LogP contribution in [0.15, 0.2) is 29.2 Å². The van der Waals surface area contributed by atoms with Gasteiger partial charge in [-0.2, -0.15) is 4.31 Å². The second-order valence-electron chi connectivity index (χ2n) is 4.85. The third-order valence-electron chi connectivity index (χ3n) is 3.36. The molecule has 1 N–H and O–H groups in total. The normalized spacial score (nSPS) is 21.8. The molecule has 1 fully saturated rings. The van der Waals surface area contributed by atoms with Crippen molar-refractivity contribution >= 4 is 19.9 Å². The van der Waals surface area contributed by atoms with Crippen LogP contribution in [0.5, 0.6) is 0 Å². The van der Waals surface area contributed by atoms with Crippen LogP contribution in [0.4, 0.5) is 4.39 Å². The van der Waals surface area contributed by atoms with Crippen LogP contribution >= 0.6 is 0 Å². The smallest absolute Gasteiger partial charge is 0.243 e. The third-order valence-corrected chi connectivity index (χ3v) is 7.07. The standard InChI is InChI=1S/C12H16FNO5S2/c13-10-1-3-12(4-2-10)21(18,19)14(6-7-15)11-5-8-20(16,17)9-11/h1-4,11,15H,5-9H2/t11-/m1/s1. The molecule has 1 aromatic carbocycles. The van der Waals surface area contributed by atoms with Gasteiger partial charge in [0.2, 0.25) is 10.0 Å². The Morgan fingerprint density at radius 2 is 1.90 bits per heavy atom. The van der Waals surface area contributed by atoms with E-state index < -0.39 is 38.3 Å². The van der Waals surface area contributed by atoms with Gasteiger partial charge in [0, 0.05) is 12.6 Å². The van der Waals surface area contributed by atoms with E-state index in [0.717, 1.165) is 28.6 Å². The Morgan fingerprint density at radius 1 is 1.29 bits per heavy atom. The molecule has 1 aromatic rings. The maximum Gasteiger partial charge on any atom is 0.243 e. The molecule has 1 atom stereocenters. The fraction of sp³-hybridized carbons (Fsp3) is 0.500. The van der Waals surface area contributed by atoms with Gasteiger partial charge >= 0.3 is 0 Å². The predicted molar refractivity (Wildman–Crippen MR) is 74.4 cm³/mol. The summed E-state index contributed by atoms with van der Waals surface area (Å²) in [6, 6.07) is 3.60. The fourth-order valence-corrected chi connectivity index (χ4v) is 5.81. The summed E-state index contributed by atoms with van der Waals surface area (Å²) in [5, 5.41) is 9.07. The summed E-state index contributed by atoms with van der Waals surface area (Å²) in [7, 11) is -7.23. The molecule has 1 saturated heterocycles. The van der Waals surface area contributed by atoms with Crippen LogP contribution in [0.25, 0.3) is 0 Å². The average molecular weight is 337 g/mol. The first-order chi connectivity index (χ1) is 9.76. The lowest BCUT2D eigenvalue weighted by Gasteiger charge is -2.26. The number of hydrogen-bond acceptors (Lipinski definition) is 5. The summed E-state index contributed by atoms with van der Waals surface area (Å²) in [5.41, 5.74) is 0. The van der Waals surface area contributed by atoms with E-state index in [0.29, 0.717) is 0 Å². The minimum atomic E-state index is -3.97. The Kier molecular flexibility index (Phi) is 4.66. The van der Waals surface area contributed by atoms with E-state index in [1.807, 2.05) is 0 Å². The van der Waals surface area contributed by atoms with Gasteiger partial charge in [0.1, 0.15) is 5.82 Å². The molecule has 9 heteroatoms. The Morgan fingerprint density at radius 3 is 2.38 bits per heavy atom. The van der Waals surface area contributed by atoms with Crippen LogP contribution in [-0.2, 0) is 19.9 Å². The zero-order chi connectivity index (χ0) is 15.7. The first kappa shape index (κ1) is 16.3. The molecule has 0 amide bonds. The van der Waals surface area contributed by atoms with Crippen molar-refractivity contribution in [1.29, 1.82) is 0 Å². The number of sulfonamides is 1. The van der Waals surface area contributed by atoms with E-state index in [9.17, 15) is 21.2 Å². The van der Waals surface area contributed by atoms with Crippen LogP contribution in [0, 0.1) is 5.82 Å². The number of aliphatic hydroxyl groups is 1. The van der Waals surface area contributed by atoms with Crippen LogP contribution in [0.1, 0.15) is 6.42 Å². The van der Waals surface area contributed by atoms with Crippen molar-refractivity contribution in [3.8, 4) is 0 Å². The quantitative estimate of drug-likeness (QED) is 0.816. The lowest BCUT2D eigenvalue weighted by Crippen LogP contribution is -2.42. The van der Waals surface area contributed by atoms with Crippen molar-refractivity contribution in [1.82, 2.24) is 4.31 Å². The number of nitrogens with zero attached hydrogens (tertiary/aromatic N) is 1. The zero-order valence-corrected chi connectivity index (χ0v) is 12.8. The maximum atomic E-state index is 12.9. The highest BCUT2D eigenvalue weighted by atomic mass is 32.2. The van der Waals surface area contributed by atoms with E-state index in [2.05, 4.69) is 0 Å². The van der Waals surface area contributed by atoms with E-state index >= 15 is 0 Å². The van der Waals surface area contributed by atoms with E-state index in [1.165, 1.54) is 0 Å². The number of aliphatic hydroxyl groups excluding tert-OH is 1. The molecular formula is C12H16FNO5S2. The largest absolute Gasteiger partial charge is 0.395 e. The summed E-state index contributed by atoms with van der Waals surface area (Å²) in [5.74, 6) is -0.891. The molecule has 118 valence electrons. The highest BCUT2D eigenvalue weighted by Crippen LogP contribution is 2.24. The molecule has 21 heavy (non-hydrogen) atoms. The Hall–Kier alpha value is -1.03. The topological polar surface area (TPSA) is 91.8 Å². The molecule has 1 heterocycles. The van der Waals surface area contributed by atoms with Gasteiger partial charge in [-0.15, -0.1) is 0 Å². The highest BCUT2D eigenvalue weighted by Gasteiger charge is 2.38. The molecule has 2 rings (SSSR count). The lowest BCUT2D eigenvalue weighted by atomic mass is 10.3. The first-order valence-corrected chi connectivity index (χ1v) is 9.61. The molecular weight excluding hydrogens is 321 g/mol. The number of hydrogen-bond donors (Lipinski definition) is 1. The van der Waals surface area contributed by atoms with Gasteiger partial charge in [-0.25, -0.2) is 21.2 Å². The zero-order valence-electron chi connectivity index (χ0n) is 11.1. The SMILES string of the molecule is O=S1(=O)CC[C@@H](N(CCO)S(=O)(=O)c2ccc(F)cc2)C1. The van der Waals surface area contributed by atoms with Crippen LogP contribution in [0.3, 0.4) is 0 Å². The Balaban J connectivity index is 2.35. The molecule has 1 aliphatic rings. The Labute approximate surface area is 123 Å².